The molecule has 0 spiro atoms. The number of hydrogen-bond acceptors (Lipinski definition) is 2. The van der Waals surface area contributed by atoms with Crippen LogP contribution in [0.25, 0.3) is 0 Å². The third-order valence-electron chi connectivity index (χ3n) is 3.37. The summed E-state index contributed by atoms with van der Waals surface area (Å²) >= 11 is -2.51. The normalized spacial score (nSPS) is 8.14. The van der Waals surface area contributed by atoms with Crippen LogP contribution in [0.5, 0.6) is 0 Å². The molecule has 21 heavy (non-hydrogen) atoms. The van der Waals surface area contributed by atoms with Crippen LogP contribution in [0.1, 0.15) is 26.3 Å². The Labute approximate surface area is 168 Å². The van der Waals surface area contributed by atoms with Crippen molar-refractivity contribution in [1.29, 1.82) is 0 Å². The van der Waals surface area contributed by atoms with Gasteiger partial charge in [-0.15, -0.1) is 49.6 Å². The first kappa shape index (κ1) is 33.6. The molecule has 0 N–H and O–H groups in total. The molecule has 1 rings (SSSR count). The van der Waals surface area contributed by atoms with Gasteiger partial charge in [0, 0.05) is 5.56 Å². The van der Waals surface area contributed by atoms with E-state index < -0.39 is 27.8 Å². The zero-order chi connectivity index (χ0) is 13.1. The molecule has 1 aromatic carbocycles. The second kappa shape index (κ2) is 21.0. The number of rotatable bonds is 5. The Morgan fingerprint density at radius 2 is 1.14 bits per heavy atom. The summed E-state index contributed by atoms with van der Waals surface area (Å²) in [6.07, 6.45) is 0. The van der Waals surface area contributed by atoms with Crippen molar-refractivity contribution in [2.45, 2.75) is 27.3 Å². The minimum absolute atomic E-state index is 0. The van der Waals surface area contributed by atoms with Gasteiger partial charge in [-0.2, -0.15) is 0 Å². The summed E-state index contributed by atoms with van der Waals surface area (Å²) in [7, 11) is 0. The molecule has 0 saturated heterocycles. The molecule has 0 aliphatic rings. The van der Waals surface area contributed by atoms with E-state index in [9.17, 15) is 0 Å². The average molecular weight is 608 g/mol. The van der Waals surface area contributed by atoms with Gasteiger partial charge in [-0.05, 0) is 20.8 Å². The monoisotopic (exact) mass is 606 g/mol. The molecule has 3 nitrogen and oxygen atoms in total. The summed E-state index contributed by atoms with van der Waals surface area (Å²) in [5.41, 5.74) is 1.46. The van der Waals surface area contributed by atoms with Gasteiger partial charge in [0.05, 0.1) is 19.6 Å². The van der Waals surface area contributed by atoms with Crippen molar-refractivity contribution in [1.82, 2.24) is 0 Å². The van der Waals surface area contributed by atoms with Gasteiger partial charge in [0.25, 0.3) is 0 Å². The van der Waals surface area contributed by atoms with Crippen LogP contribution in [0.15, 0.2) is 30.3 Å². The van der Waals surface area contributed by atoms with Crippen molar-refractivity contribution in [2.75, 3.05) is 19.6 Å². The summed E-state index contributed by atoms with van der Waals surface area (Å²) in [5, 5.41) is 0. The maximum atomic E-state index is 8.58. The van der Waals surface area contributed by atoms with E-state index in [1.807, 2.05) is 0 Å². The summed E-state index contributed by atoms with van der Waals surface area (Å²) < 4.78 is 18.4. The van der Waals surface area contributed by atoms with Crippen molar-refractivity contribution < 1.29 is 36.8 Å². The van der Waals surface area contributed by atoms with E-state index in [0.717, 1.165) is 0 Å². The van der Waals surface area contributed by atoms with Gasteiger partial charge in [0.2, 0.25) is 0 Å². The van der Waals surface area contributed by atoms with Gasteiger partial charge in [-0.25, -0.2) is 0 Å². The third kappa shape index (κ3) is 14.3. The Morgan fingerprint density at radius 1 is 0.810 bits per heavy atom. The van der Waals surface area contributed by atoms with Crippen molar-refractivity contribution in [3.05, 3.63) is 35.9 Å². The van der Waals surface area contributed by atoms with Gasteiger partial charge in [-0.3, -0.25) is 0 Å². The van der Waals surface area contributed by atoms with Gasteiger partial charge < -0.3 is 4.48 Å². The van der Waals surface area contributed by atoms with Crippen LogP contribution in [0, 0.1) is 27.8 Å². The van der Waals surface area contributed by atoms with Crippen molar-refractivity contribution in [3.63, 3.8) is 0 Å². The van der Waals surface area contributed by atoms with Gasteiger partial charge in [0.15, 0.2) is 0 Å². The first-order valence-corrected chi connectivity index (χ1v) is 9.46. The summed E-state index contributed by atoms with van der Waals surface area (Å²) in [6, 6.07) is 10.8. The van der Waals surface area contributed by atoms with Gasteiger partial charge in [0.1, 0.15) is 6.54 Å². The molecule has 0 heterocycles. The SMILES string of the molecule is CC[N+](CC)(CC)Cc1ccccc1.Cl.Cl.Cl.Cl.[O]=[U]=[O]. The molecule has 126 valence electrons. The fourth-order valence-electron chi connectivity index (χ4n) is 1.98. The Bertz CT molecular complexity index is 337. The quantitative estimate of drug-likeness (QED) is 0.462. The first-order chi connectivity index (χ1) is 8.17. The van der Waals surface area contributed by atoms with Crippen LogP contribution in [-0.2, 0) is 11.0 Å². The number of halogens is 4. The molecule has 0 unspecified atom stereocenters. The molecule has 1 aromatic rings. The number of hydrogen-bond donors (Lipinski definition) is 0. The maximum absolute atomic E-state index is 8.58. The van der Waals surface area contributed by atoms with Gasteiger partial charge in [-0.1, -0.05) is 30.3 Å². The molecule has 0 bridgehead atoms. The molecule has 0 aliphatic carbocycles. The van der Waals surface area contributed by atoms with E-state index in [0.29, 0.717) is 0 Å². The van der Waals surface area contributed by atoms with Crippen LogP contribution >= 0.6 is 49.6 Å². The van der Waals surface area contributed by atoms with Crippen molar-refractivity contribution >= 4 is 49.6 Å². The van der Waals surface area contributed by atoms with Crippen LogP contribution < -0.4 is 0 Å². The third-order valence-corrected chi connectivity index (χ3v) is 3.37. The molecule has 0 aliphatic heterocycles. The van der Waals surface area contributed by atoms with E-state index in [1.54, 1.807) is 0 Å². The molecule has 0 saturated carbocycles. The standard InChI is InChI=1S/C13H22N.4ClH.2O.U/c1-4-14(5-2,6-3)12-13-10-8-7-9-11-13;;;;;;;/h7-11H,4-6,12H2,1-3H3;4*1H;;;/q+1;;;;;;;. The van der Waals surface area contributed by atoms with Crippen LogP contribution in [0.4, 0.5) is 0 Å². The minimum atomic E-state index is -2.51. The Kier molecular flexibility index (Phi) is 33.6. The van der Waals surface area contributed by atoms with Gasteiger partial charge >= 0.3 is 32.3 Å². The summed E-state index contributed by atoms with van der Waals surface area (Å²) in [6.45, 7) is 11.7. The first-order valence-electron chi connectivity index (χ1n) is 6.06. The van der Waals surface area contributed by atoms with E-state index >= 15 is 0 Å². The molecule has 0 radical (unpaired) electrons. The predicted octanol–water partition coefficient (Wildman–Crippen LogP) is 4.51. The molecule has 0 aromatic heterocycles. The van der Waals surface area contributed by atoms with E-state index in [2.05, 4.69) is 51.1 Å². The van der Waals surface area contributed by atoms with Crippen molar-refractivity contribution in [3.8, 4) is 0 Å². The number of nitrogens with zero attached hydrogens (tertiary/aromatic N) is 1. The Balaban J connectivity index is -0.000000113. The molecule has 8 heteroatoms. The fraction of sp³-hybridized carbons (Fsp3) is 0.538. The van der Waals surface area contributed by atoms with E-state index in [-0.39, 0.29) is 49.6 Å². The fourth-order valence-corrected chi connectivity index (χ4v) is 1.98. The summed E-state index contributed by atoms with van der Waals surface area (Å²) in [5.74, 6) is 0. The topological polar surface area (TPSA) is 34.1 Å². The van der Waals surface area contributed by atoms with E-state index in [1.165, 1.54) is 36.2 Å². The van der Waals surface area contributed by atoms with Crippen LogP contribution in [0.3, 0.4) is 0 Å². The number of benzene rings is 1. The van der Waals surface area contributed by atoms with Crippen LogP contribution in [-0.4, -0.2) is 24.1 Å². The Hall–Kier alpha value is 0.992. The Morgan fingerprint density at radius 3 is 1.43 bits per heavy atom. The zero-order valence-corrected chi connectivity index (χ0v) is 20.0. The zero-order valence-electron chi connectivity index (χ0n) is 12.6. The van der Waals surface area contributed by atoms with Crippen molar-refractivity contribution in [2.24, 2.45) is 0 Å². The number of quaternary nitrogens is 1. The molecular weight excluding hydrogens is 582 g/mol. The average Bonchev–Trinajstić information content (AvgIpc) is 2.38. The molecule has 0 atom stereocenters. The molecular formula is C13H26Cl4NO2U+. The molecule has 0 amide bonds. The summed E-state index contributed by atoms with van der Waals surface area (Å²) in [4.78, 5) is 0. The molecule has 0 fully saturated rings. The predicted molar refractivity (Wildman–Crippen MR) is 92.4 cm³/mol. The second-order valence-corrected chi connectivity index (χ2v) is 4.71. The van der Waals surface area contributed by atoms with Crippen LogP contribution in [0.2, 0.25) is 0 Å². The second-order valence-electron chi connectivity index (χ2n) is 4.02. The van der Waals surface area contributed by atoms with E-state index in [4.69, 9.17) is 4.47 Å².